The van der Waals surface area contributed by atoms with E-state index in [4.69, 9.17) is 0 Å². The third-order valence-corrected chi connectivity index (χ3v) is 3.55. The molecule has 0 spiro atoms. The maximum atomic E-state index is 11.8. The highest BCUT2D eigenvalue weighted by atomic mass is 79.9. The molecule has 5 heteroatoms. The molecule has 98 valence electrons. The minimum Gasteiger partial charge on any atom is -0.335 e. The molecule has 18 heavy (non-hydrogen) atoms. The van der Waals surface area contributed by atoms with Gasteiger partial charge in [0.25, 0.3) is 0 Å². The van der Waals surface area contributed by atoms with Crippen molar-refractivity contribution in [2.45, 2.75) is 20.8 Å². The van der Waals surface area contributed by atoms with Gasteiger partial charge in [0.2, 0.25) is 0 Å². The van der Waals surface area contributed by atoms with Crippen LogP contribution in [-0.4, -0.2) is 29.8 Å². The average Bonchev–Trinajstić information content (AvgIpc) is 2.35. The number of hydrogen-bond donors (Lipinski definition) is 1. The Morgan fingerprint density at radius 3 is 2.39 bits per heavy atom. The van der Waals surface area contributed by atoms with E-state index >= 15 is 0 Å². The van der Waals surface area contributed by atoms with Crippen LogP contribution in [0.25, 0.3) is 0 Å². The first-order valence-electron chi connectivity index (χ1n) is 5.86. The van der Waals surface area contributed by atoms with Crippen molar-refractivity contribution >= 4 is 33.4 Å². The molecular formula is C13H17BrN2O2. The molecule has 0 atom stereocenters. The molecule has 0 unspecified atom stereocenters. The van der Waals surface area contributed by atoms with Crippen LogP contribution in [0.5, 0.6) is 0 Å². The Hall–Kier alpha value is -1.36. The second kappa shape index (κ2) is 6.54. The summed E-state index contributed by atoms with van der Waals surface area (Å²) in [7, 11) is 0. The van der Waals surface area contributed by atoms with Crippen molar-refractivity contribution in [1.29, 1.82) is 0 Å². The van der Waals surface area contributed by atoms with E-state index in [0.29, 0.717) is 18.8 Å². The smallest absolute Gasteiger partial charge is 0.313 e. The highest BCUT2D eigenvalue weighted by Crippen LogP contribution is 2.19. The molecular weight excluding hydrogens is 296 g/mol. The average molecular weight is 313 g/mol. The number of aryl methyl sites for hydroxylation is 1. The van der Waals surface area contributed by atoms with Crippen molar-refractivity contribution in [2.75, 3.05) is 18.4 Å². The molecule has 0 aromatic heterocycles. The van der Waals surface area contributed by atoms with Crippen molar-refractivity contribution in [2.24, 2.45) is 0 Å². The molecule has 0 bridgehead atoms. The minimum absolute atomic E-state index is 0.499. The normalized spacial score (nSPS) is 10.0. The second-order valence-electron chi connectivity index (χ2n) is 3.90. The SMILES string of the molecule is CCN(CC)C(=O)C(=O)Nc1ccc(Br)c(C)c1. The van der Waals surface area contributed by atoms with Crippen LogP contribution in [-0.2, 0) is 9.59 Å². The first-order valence-corrected chi connectivity index (χ1v) is 6.65. The highest BCUT2D eigenvalue weighted by molar-refractivity contribution is 9.10. The van der Waals surface area contributed by atoms with Gasteiger partial charge in [-0.15, -0.1) is 0 Å². The molecule has 1 N–H and O–H groups in total. The number of likely N-dealkylation sites (N-methyl/N-ethyl adjacent to an activating group) is 1. The van der Waals surface area contributed by atoms with Crippen LogP contribution < -0.4 is 5.32 Å². The molecule has 0 heterocycles. The van der Waals surface area contributed by atoms with E-state index in [2.05, 4.69) is 21.2 Å². The fraction of sp³-hybridized carbons (Fsp3) is 0.385. The number of nitrogens with one attached hydrogen (secondary N) is 1. The Morgan fingerprint density at radius 2 is 1.89 bits per heavy atom. The lowest BCUT2D eigenvalue weighted by molar-refractivity contribution is -0.142. The number of anilines is 1. The summed E-state index contributed by atoms with van der Waals surface area (Å²) in [4.78, 5) is 25.0. The van der Waals surface area contributed by atoms with Crippen LogP contribution in [0.15, 0.2) is 22.7 Å². The van der Waals surface area contributed by atoms with Crippen LogP contribution in [0.1, 0.15) is 19.4 Å². The van der Waals surface area contributed by atoms with Gasteiger partial charge in [0.05, 0.1) is 0 Å². The lowest BCUT2D eigenvalue weighted by Crippen LogP contribution is -2.39. The predicted molar refractivity (Wildman–Crippen MR) is 75.4 cm³/mol. The zero-order valence-electron chi connectivity index (χ0n) is 10.8. The number of halogens is 1. The van der Waals surface area contributed by atoms with Gasteiger partial charge in [-0.25, -0.2) is 0 Å². The number of nitrogens with zero attached hydrogens (tertiary/aromatic N) is 1. The molecule has 4 nitrogen and oxygen atoms in total. The van der Waals surface area contributed by atoms with E-state index in [1.165, 1.54) is 4.90 Å². The maximum Gasteiger partial charge on any atom is 0.313 e. The number of rotatable bonds is 3. The Kier molecular flexibility index (Phi) is 5.34. The molecule has 0 saturated heterocycles. The van der Waals surface area contributed by atoms with Gasteiger partial charge in [0, 0.05) is 23.2 Å². The number of hydrogen-bond acceptors (Lipinski definition) is 2. The molecule has 0 fully saturated rings. The number of benzene rings is 1. The Labute approximate surface area is 115 Å². The van der Waals surface area contributed by atoms with Gasteiger partial charge >= 0.3 is 11.8 Å². The van der Waals surface area contributed by atoms with Crippen LogP contribution in [0.2, 0.25) is 0 Å². The van der Waals surface area contributed by atoms with Crippen LogP contribution >= 0.6 is 15.9 Å². The zero-order chi connectivity index (χ0) is 13.7. The third-order valence-electron chi connectivity index (χ3n) is 2.66. The first kappa shape index (κ1) is 14.7. The second-order valence-corrected chi connectivity index (χ2v) is 4.75. The summed E-state index contributed by atoms with van der Waals surface area (Å²) < 4.78 is 0.968. The number of amides is 2. The maximum absolute atomic E-state index is 11.8. The summed E-state index contributed by atoms with van der Waals surface area (Å²) in [6, 6.07) is 5.41. The predicted octanol–water partition coefficient (Wildman–Crippen LogP) is 2.56. The van der Waals surface area contributed by atoms with Gasteiger partial charge in [-0.3, -0.25) is 9.59 Å². The lowest BCUT2D eigenvalue weighted by Gasteiger charge is -2.17. The van der Waals surface area contributed by atoms with Crippen molar-refractivity contribution in [1.82, 2.24) is 4.90 Å². The molecule has 0 saturated carbocycles. The van der Waals surface area contributed by atoms with Crippen molar-refractivity contribution in [3.8, 4) is 0 Å². The fourth-order valence-electron chi connectivity index (χ4n) is 1.56. The van der Waals surface area contributed by atoms with Crippen molar-refractivity contribution in [3.63, 3.8) is 0 Å². The molecule has 1 aromatic rings. The quantitative estimate of drug-likeness (QED) is 0.872. The zero-order valence-corrected chi connectivity index (χ0v) is 12.4. The summed E-state index contributed by atoms with van der Waals surface area (Å²) >= 11 is 3.38. The van der Waals surface area contributed by atoms with Crippen LogP contribution in [0.4, 0.5) is 5.69 Å². The molecule has 0 aliphatic rings. The van der Waals surface area contributed by atoms with E-state index in [9.17, 15) is 9.59 Å². The third kappa shape index (κ3) is 3.57. The summed E-state index contributed by atoms with van der Waals surface area (Å²) in [6.45, 7) is 6.67. The number of carbonyl (C=O) groups is 2. The van der Waals surface area contributed by atoms with Gasteiger partial charge < -0.3 is 10.2 Å². The van der Waals surface area contributed by atoms with E-state index in [1.54, 1.807) is 6.07 Å². The van der Waals surface area contributed by atoms with E-state index in [0.717, 1.165) is 10.0 Å². The summed E-state index contributed by atoms with van der Waals surface area (Å²) in [5.74, 6) is -1.10. The molecule has 0 aliphatic carbocycles. The summed E-state index contributed by atoms with van der Waals surface area (Å²) in [5, 5.41) is 2.61. The van der Waals surface area contributed by atoms with Gasteiger partial charge in [-0.05, 0) is 44.5 Å². The van der Waals surface area contributed by atoms with Gasteiger partial charge in [-0.1, -0.05) is 15.9 Å². The molecule has 2 amide bonds. The summed E-state index contributed by atoms with van der Waals surface area (Å²) in [6.07, 6.45) is 0. The van der Waals surface area contributed by atoms with Crippen LogP contribution in [0.3, 0.4) is 0 Å². The Bertz CT molecular complexity index is 456. The van der Waals surface area contributed by atoms with E-state index in [-0.39, 0.29) is 0 Å². The van der Waals surface area contributed by atoms with Crippen LogP contribution in [0, 0.1) is 6.92 Å². The molecule has 1 aromatic carbocycles. The monoisotopic (exact) mass is 312 g/mol. The van der Waals surface area contributed by atoms with E-state index in [1.807, 2.05) is 32.9 Å². The minimum atomic E-state index is -0.597. The fourth-order valence-corrected chi connectivity index (χ4v) is 1.81. The molecule has 1 rings (SSSR count). The van der Waals surface area contributed by atoms with Gasteiger partial charge in [0.15, 0.2) is 0 Å². The van der Waals surface area contributed by atoms with E-state index < -0.39 is 11.8 Å². The molecule has 0 aliphatic heterocycles. The largest absolute Gasteiger partial charge is 0.335 e. The lowest BCUT2D eigenvalue weighted by atomic mass is 10.2. The topological polar surface area (TPSA) is 49.4 Å². The highest BCUT2D eigenvalue weighted by Gasteiger charge is 2.19. The first-order chi connectivity index (χ1) is 8.49. The number of carbonyl (C=O) groups excluding carboxylic acids is 2. The van der Waals surface area contributed by atoms with Crippen molar-refractivity contribution < 1.29 is 9.59 Å². The molecule has 0 radical (unpaired) electrons. The Morgan fingerprint density at radius 1 is 1.28 bits per heavy atom. The Balaban J connectivity index is 2.75. The van der Waals surface area contributed by atoms with Gasteiger partial charge in [0.1, 0.15) is 0 Å². The van der Waals surface area contributed by atoms with Crippen molar-refractivity contribution in [3.05, 3.63) is 28.2 Å². The standard InChI is InChI=1S/C13H17BrN2O2/c1-4-16(5-2)13(18)12(17)15-10-6-7-11(14)9(3)8-10/h6-8H,4-5H2,1-3H3,(H,15,17). The summed E-state index contributed by atoms with van der Waals surface area (Å²) in [5.41, 5.74) is 1.63. The van der Waals surface area contributed by atoms with Gasteiger partial charge in [-0.2, -0.15) is 0 Å².